The third kappa shape index (κ3) is 5.72. The number of fused-ring (bicyclic) bond motifs is 1. The van der Waals surface area contributed by atoms with E-state index in [1.54, 1.807) is 19.1 Å². The van der Waals surface area contributed by atoms with Crippen molar-refractivity contribution in [2.24, 2.45) is 5.73 Å². The molecule has 0 aliphatic carbocycles. The average molecular weight is 418 g/mol. The fourth-order valence-corrected chi connectivity index (χ4v) is 2.82. The van der Waals surface area contributed by atoms with E-state index in [2.05, 4.69) is 10.6 Å². The van der Waals surface area contributed by atoms with Crippen molar-refractivity contribution in [3.63, 3.8) is 0 Å². The van der Waals surface area contributed by atoms with E-state index in [1.807, 2.05) is 6.92 Å². The Morgan fingerprint density at radius 1 is 1.23 bits per heavy atom. The molecule has 162 valence electrons. The Morgan fingerprint density at radius 2 is 1.93 bits per heavy atom. The molecule has 10 heteroatoms. The van der Waals surface area contributed by atoms with Gasteiger partial charge in [-0.15, -0.1) is 0 Å². The standard InChI is InChI=1S/C20H25N3O7/c1-10-11(2)19(27)30-16-9-13(6-7-14(10)16)29-12(3)17(24)23-15(18(25)26)5-4-8-22-20(21)28/h6-7,9,12,15H,4-5,8H2,1-3H3,(H,23,24)(H,25,26)(H3,21,22,28)/p-1/t12-,15-/m1/s1. The van der Waals surface area contributed by atoms with Gasteiger partial charge in [0.25, 0.3) is 5.91 Å². The maximum Gasteiger partial charge on any atom is 0.339 e. The van der Waals surface area contributed by atoms with Crippen LogP contribution in [0.15, 0.2) is 27.4 Å². The van der Waals surface area contributed by atoms with Crippen molar-refractivity contribution in [1.82, 2.24) is 10.6 Å². The minimum atomic E-state index is -1.45. The first kappa shape index (κ1) is 22.7. The van der Waals surface area contributed by atoms with E-state index in [4.69, 9.17) is 14.9 Å². The summed E-state index contributed by atoms with van der Waals surface area (Å²) in [5.74, 6) is -1.83. The molecule has 2 rings (SSSR count). The molecule has 3 amide bonds. The van der Waals surface area contributed by atoms with Gasteiger partial charge in [-0.2, -0.15) is 0 Å². The highest BCUT2D eigenvalue weighted by Crippen LogP contribution is 2.24. The fraction of sp³-hybridized carbons (Fsp3) is 0.400. The molecule has 0 unspecified atom stereocenters. The molecule has 0 saturated carbocycles. The topological polar surface area (TPSA) is 164 Å². The molecule has 1 aromatic heterocycles. The van der Waals surface area contributed by atoms with Crippen molar-refractivity contribution >= 4 is 28.9 Å². The number of benzene rings is 1. The minimum Gasteiger partial charge on any atom is -0.548 e. The lowest BCUT2D eigenvalue weighted by Gasteiger charge is -2.22. The number of carboxylic acids is 1. The lowest BCUT2D eigenvalue weighted by molar-refractivity contribution is -0.308. The van der Waals surface area contributed by atoms with E-state index in [-0.39, 0.29) is 25.1 Å². The first-order valence-electron chi connectivity index (χ1n) is 9.35. The van der Waals surface area contributed by atoms with Gasteiger partial charge in [-0.3, -0.25) is 4.79 Å². The van der Waals surface area contributed by atoms with Gasteiger partial charge in [0.05, 0.1) is 12.0 Å². The Bertz CT molecular complexity index is 1020. The van der Waals surface area contributed by atoms with E-state index < -0.39 is 35.7 Å². The molecule has 30 heavy (non-hydrogen) atoms. The number of nitrogens with two attached hydrogens (primary N) is 1. The summed E-state index contributed by atoms with van der Waals surface area (Å²) in [4.78, 5) is 46.1. The third-order valence-corrected chi connectivity index (χ3v) is 4.68. The number of hydrogen-bond donors (Lipinski definition) is 3. The molecule has 0 bridgehead atoms. The molecule has 0 aliphatic heterocycles. The van der Waals surface area contributed by atoms with Gasteiger partial charge in [-0.25, -0.2) is 9.59 Å². The highest BCUT2D eigenvalue weighted by molar-refractivity contribution is 5.86. The number of amides is 3. The van der Waals surface area contributed by atoms with Gasteiger partial charge in [0.2, 0.25) is 0 Å². The van der Waals surface area contributed by atoms with Gasteiger partial charge < -0.3 is 35.4 Å². The molecule has 0 fully saturated rings. The number of carbonyl (C=O) groups excluding carboxylic acids is 3. The van der Waals surface area contributed by atoms with Crippen LogP contribution in [0.2, 0.25) is 0 Å². The van der Waals surface area contributed by atoms with Crippen molar-refractivity contribution in [2.45, 2.75) is 45.8 Å². The predicted octanol–water partition coefficient (Wildman–Crippen LogP) is -0.140. The summed E-state index contributed by atoms with van der Waals surface area (Å²) in [6.45, 7) is 5.11. The summed E-state index contributed by atoms with van der Waals surface area (Å²) >= 11 is 0. The Balaban J connectivity index is 2.03. The molecule has 0 spiro atoms. The SMILES string of the molecule is Cc1c(C)c2ccc(O[C@H](C)C(=O)N[C@H](CCCNC(N)=O)C(=O)[O-])cc2oc1=O. The highest BCUT2D eigenvalue weighted by Gasteiger charge is 2.20. The molecule has 1 heterocycles. The normalized spacial score (nSPS) is 12.8. The molecule has 2 aromatic rings. The van der Waals surface area contributed by atoms with E-state index in [0.717, 1.165) is 10.9 Å². The largest absolute Gasteiger partial charge is 0.548 e. The molecular weight excluding hydrogens is 394 g/mol. The first-order valence-corrected chi connectivity index (χ1v) is 9.35. The summed E-state index contributed by atoms with van der Waals surface area (Å²) in [6, 6.07) is 2.88. The van der Waals surface area contributed by atoms with Gasteiger partial charge in [-0.1, -0.05) is 0 Å². The van der Waals surface area contributed by atoms with Gasteiger partial charge in [0, 0.05) is 23.6 Å². The van der Waals surface area contributed by atoms with Crippen LogP contribution in [0.1, 0.15) is 30.9 Å². The van der Waals surface area contributed by atoms with Crippen LogP contribution in [0.5, 0.6) is 5.75 Å². The van der Waals surface area contributed by atoms with Crippen LogP contribution in [-0.4, -0.2) is 36.6 Å². The van der Waals surface area contributed by atoms with Crippen LogP contribution < -0.4 is 31.8 Å². The average Bonchev–Trinajstić information content (AvgIpc) is 2.67. The maximum absolute atomic E-state index is 12.3. The molecular formula is C20H24N3O7-. The first-order chi connectivity index (χ1) is 14.1. The number of rotatable bonds is 9. The maximum atomic E-state index is 12.3. The second kappa shape index (κ2) is 9.77. The van der Waals surface area contributed by atoms with E-state index in [0.29, 0.717) is 11.1 Å². The van der Waals surface area contributed by atoms with Crippen LogP contribution in [0.25, 0.3) is 11.0 Å². The molecule has 0 saturated heterocycles. The lowest BCUT2D eigenvalue weighted by Crippen LogP contribution is -2.51. The van der Waals surface area contributed by atoms with E-state index in [1.165, 1.54) is 13.0 Å². The number of hydrogen-bond acceptors (Lipinski definition) is 7. The number of urea groups is 1. The summed E-state index contributed by atoms with van der Waals surface area (Å²) in [5, 5.41) is 16.7. The molecule has 0 aliphatic rings. The van der Waals surface area contributed by atoms with Crippen molar-refractivity contribution in [3.8, 4) is 5.75 Å². The van der Waals surface area contributed by atoms with Crippen LogP contribution in [0.3, 0.4) is 0 Å². The molecule has 10 nitrogen and oxygen atoms in total. The third-order valence-electron chi connectivity index (χ3n) is 4.68. The smallest absolute Gasteiger partial charge is 0.339 e. The number of aliphatic carboxylic acids is 1. The number of carbonyl (C=O) groups is 3. The van der Waals surface area contributed by atoms with Crippen LogP contribution in [0, 0.1) is 13.8 Å². The lowest BCUT2D eigenvalue weighted by atomic mass is 10.1. The van der Waals surface area contributed by atoms with Gasteiger partial charge in [0.1, 0.15) is 11.3 Å². The van der Waals surface area contributed by atoms with Crippen LogP contribution >= 0.6 is 0 Å². The quantitative estimate of drug-likeness (QED) is 0.377. The molecule has 0 radical (unpaired) electrons. The predicted molar refractivity (Wildman–Crippen MR) is 106 cm³/mol. The Kier molecular flexibility index (Phi) is 7.40. The van der Waals surface area contributed by atoms with Crippen LogP contribution in [0.4, 0.5) is 4.79 Å². The summed E-state index contributed by atoms with van der Waals surface area (Å²) in [7, 11) is 0. The van der Waals surface area contributed by atoms with E-state index in [9.17, 15) is 24.3 Å². The Morgan fingerprint density at radius 3 is 2.57 bits per heavy atom. The second-order valence-electron chi connectivity index (χ2n) is 6.87. The Hall–Kier alpha value is -3.56. The molecule has 4 N–H and O–H groups in total. The highest BCUT2D eigenvalue weighted by atomic mass is 16.5. The Labute approximate surface area is 172 Å². The number of primary amides is 1. The van der Waals surface area contributed by atoms with Crippen molar-refractivity contribution in [3.05, 3.63) is 39.7 Å². The summed E-state index contributed by atoms with van der Waals surface area (Å²) < 4.78 is 10.8. The number of ether oxygens (including phenoxy) is 1. The summed E-state index contributed by atoms with van der Waals surface area (Å²) in [6.07, 6.45) is -0.702. The van der Waals surface area contributed by atoms with E-state index >= 15 is 0 Å². The van der Waals surface area contributed by atoms with Crippen molar-refractivity contribution in [2.75, 3.05) is 6.54 Å². The van der Waals surface area contributed by atoms with Gasteiger partial charge in [0.15, 0.2) is 6.10 Å². The number of aryl methyl sites for hydroxylation is 1. The minimum absolute atomic E-state index is 0.0425. The van der Waals surface area contributed by atoms with Crippen molar-refractivity contribution < 1.29 is 28.6 Å². The van der Waals surface area contributed by atoms with Gasteiger partial charge >= 0.3 is 11.7 Å². The molecule has 2 atom stereocenters. The zero-order valence-corrected chi connectivity index (χ0v) is 16.9. The molecule has 1 aromatic carbocycles. The zero-order valence-electron chi connectivity index (χ0n) is 16.9. The number of nitrogens with one attached hydrogen (secondary N) is 2. The monoisotopic (exact) mass is 418 g/mol. The fourth-order valence-electron chi connectivity index (χ4n) is 2.82. The van der Waals surface area contributed by atoms with Crippen LogP contribution in [-0.2, 0) is 9.59 Å². The number of carboxylic acid groups (broad SMARTS) is 1. The second-order valence-corrected chi connectivity index (χ2v) is 6.87. The summed E-state index contributed by atoms with van der Waals surface area (Å²) in [5.41, 5.74) is 6.11. The van der Waals surface area contributed by atoms with Crippen molar-refractivity contribution in [1.29, 1.82) is 0 Å². The zero-order chi connectivity index (χ0) is 22.4. The van der Waals surface area contributed by atoms with Gasteiger partial charge in [-0.05, 0) is 51.3 Å².